The summed E-state index contributed by atoms with van der Waals surface area (Å²) in [4.78, 5) is 5.85. The van der Waals surface area contributed by atoms with E-state index in [0.717, 1.165) is 34.2 Å². The molecule has 1 aromatic heterocycles. The lowest BCUT2D eigenvalue weighted by atomic mass is 10.2. The fraction of sp³-hybridized carbons (Fsp3) is 0.333. The number of nitrogens with two attached hydrogens (primary N) is 1. The van der Waals surface area contributed by atoms with Crippen LogP contribution in [0.3, 0.4) is 0 Å². The van der Waals surface area contributed by atoms with Gasteiger partial charge in [0.15, 0.2) is 0 Å². The number of benzene rings is 1. The molecular weight excluding hydrogens is 288 g/mol. The normalized spacial score (nSPS) is 10.5. The lowest BCUT2D eigenvalue weighted by Crippen LogP contribution is -2.09. The first-order valence-electron chi connectivity index (χ1n) is 6.64. The smallest absolute Gasteiger partial charge is 0.140 e. The topological polar surface area (TPSA) is 48.1 Å². The zero-order chi connectivity index (χ0) is 14.5. The van der Waals surface area contributed by atoms with Crippen molar-refractivity contribution in [2.75, 3.05) is 0 Å². The maximum atomic E-state index is 5.79. The van der Waals surface area contributed by atoms with E-state index in [1.807, 2.05) is 19.1 Å². The van der Waals surface area contributed by atoms with Crippen LogP contribution in [-0.4, -0.2) is 9.97 Å². The standard InChI is InChI=1S/C15H18N2OS2/c1-3-10-6-5-7-11(8-10)18-9-13-17-12(4-2)14(20-13)15(16)19/h5-8H,3-4,9H2,1-2H3,(H2,16,19). The number of rotatable bonds is 6. The molecule has 0 aliphatic rings. The molecule has 0 spiro atoms. The predicted octanol–water partition coefficient (Wildman–Crippen LogP) is 3.48. The van der Waals surface area contributed by atoms with E-state index in [2.05, 4.69) is 24.0 Å². The van der Waals surface area contributed by atoms with Gasteiger partial charge in [-0.3, -0.25) is 0 Å². The fourth-order valence-electron chi connectivity index (χ4n) is 1.89. The number of hydrogen-bond donors (Lipinski definition) is 1. The van der Waals surface area contributed by atoms with Crippen molar-refractivity contribution >= 4 is 28.5 Å². The number of ether oxygens (including phenoxy) is 1. The molecule has 0 radical (unpaired) electrons. The molecule has 1 heterocycles. The van der Waals surface area contributed by atoms with Gasteiger partial charge in [0.25, 0.3) is 0 Å². The van der Waals surface area contributed by atoms with Gasteiger partial charge in [-0.15, -0.1) is 11.3 Å². The van der Waals surface area contributed by atoms with Crippen LogP contribution in [0.2, 0.25) is 0 Å². The summed E-state index contributed by atoms with van der Waals surface area (Å²) >= 11 is 6.57. The van der Waals surface area contributed by atoms with Crippen molar-refractivity contribution in [2.24, 2.45) is 5.73 Å². The molecule has 20 heavy (non-hydrogen) atoms. The van der Waals surface area contributed by atoms with Gasteiger partial charge in [0, 0.05) is 0 Å². The predicted molar refractivity (Wildman–Crippen MR) is 87.5 cm³/mol. The van der Waals surface area contributed by atoms with E-state index in [-0.39, 0.29) is 0 Å². The first kappa shape index (κ1) is 14.9. The molecular formula is C15H18N2OS2. The number of thiocarbonyl (C=S) groups is 1. The van der Waals surface area contributed by atoms with Crippen molar-refractivity contribution in [3.63, 3.8) is 0 Å². The molecule has 0 bridgehead atoms. The quantitative estimate of drug-likeness (QED) is 0.830. The molecule has 3 nitrogen and oxygen atoms in total. The van der Waals surface area contributed by atoms with Gasteiger partial charge in [0.05, 0.1) is 10.6 Å². The molecule has 0 aliphatic carbocycles. The first-order chi connectivity index (χ1) is 9.63. The number of aryl methyl sites for hydroxylation is 2. The van der Waals surface area contributed by atoms with Crippen molar-refractivity contribution in [1.29, 1.82) is 0 Å². The number of hydrogen-bond acceptors (Lipinski definition) is 4. The van der Waals surface area contributed by atoms with E-state index in [9.17, 15) is 0 Å². The van der Waals surface area contributed by atoms with Crippen LogP contribution in [0.5, 0.6) is 5.75 Å². The Labute approximate surface area is 128 Å². The maximum Gasteiger partial charge on any atom is 0.140 e. The minimum Gasteiger partial charge on any atom is -0.486 e. The maximum absolute atomic E-state index is 5.79. The summed E-state index contributed by atoms with van der Waals surface area (Å²) in [5.41, 5.74) is 7.93. The van der Waals surface area contributed by atoms with Gasteiger partial charge < -0.3 is 10.5 Å². The van der Waals surface area contributed by atoms with E-state index in [1.165, 1.54) is 16.9 Å². The number of nitrogens with zero attached hydrogens (tertiary/aromatic N) is 1. The average molecular weight is 306 g/mol. The lowest BCUT2D eigenvalue weighted by molar-refractivity contribution is 0.305. The van der Waals surface area contributed by atoms with Crippen LogP contribution in [0.25, 0.3) is 0 Å². The van der Waals surface area contributed by atoms with Gasteiger partial charge in [-0.1, -0.05) is 38.2 Å². The number of thiazole rings is 1. The SMILES string of the molecule is CCc1cccc(OCc2nc(CC)c(C(N)=S)s2)c1. The third kappa shape index (κ3) is 3.55. The molecule has 2 N–H and O–H groups in total. The molecule has 0 amide bonds. The van der Waals surface area contributed by atoms with Crippen LogP contribution in [0, 0.1) is 0 Å². The van der Waals surface area contributed by atoms with Crippen LogP contribution in [0.15, 0.2) is 24.3 Å². The van der Waals surface area contributed by atoms with Crippen LogP contribution in [0.4, 0.5) is 0 Å². The molecule has 0 fully saturated rings. The van der Waals surface area contributed by atoms with Crippen molar-refractivity contribution in [1.82, 2.24) is 4.98 Å². The highest BCUT2D eigenvalue weighted by molar-refractivity contribution is 7.81. The third-order valence-electron chi connectivity index (χ3n) is 2.97. The minimum atomic E-state index is 0.415. The van der Waals surface area contributed by atoms with Gasteiger partial charge in [-0.25, -0.2) is 4.98 Å². The summed E-state index contributed by atoms with van der Waals surface area (Å²) < 4.78 is 5.79. The van der Waals surface area contributed by atoms with Gasteiger partial charge in [-0.2, -0.15) is 0 Å². The van der Waals surface area contributed by atoms with Gasteiger partial charge >= 0.3 is 0 Å². The summed E-state index contributed by atoms with van der Waals surface area (Å²) in [7, 11) is 0. The first-order valence-corrected chi connectivity index (χ1v) is 7.86. The van der Waals surface area contributed by atoms with Crippen LogP contribution >= 0.6 is 23.6 Å². The minimum absolute atomic E-state index is 0.415. The molecule has 2 rings (SSSR count). The Morgan fingerprint density at radius 3 is 2.75 bits per heavy atom. The molecule has 0 atom stereocenters. The highest BCUT2D eigenvalue weighted by Gasteiger charge is 2.12. The summed E-state index contributed by atoms with van der Waals surface area (Å²) in [5.74, 6) is 0.870. The molecule has 0 aliphatic heterocycles. The van der Waals surface area contributed by atoms with E-state index >= 15 is 0 Å². The summed E-state index contributed by atoms with van der Waals surface area (Å²) in [6.45, 7) is 4.63. The molecule has 106 valence electrons. The number of aromatic nitrogens is 1. The van der Waals surface area contributed by atoms with Crippen molar-refractivity contribution in [2.45, 2.75) is 33.3 Å². The second-order valence-electron chi connectivity index (χ2n) is 4.39. The second kappa shape index (κ2) is 6.81. The van der Waals surface area contributed by atoms with E-state index in [4.69, 9.17) is 22.7 Å². The fourth-order valence-corrected chi connectivity index (χ4v) is 3.06. The Bertz CT molecular complexity index is 608. The van der Waals surface area contributed by atoms with E-state index < -0.39 is 0 Å². The Balaban J connectivity index is 2.08. The largest absolute Gasteiger partial charge is 0.486 e. The Morgan fingerprint density at radius 2 is 2.15 bits per heavy atom. The van der Waals surface area contributed by atoms with Gasteiger partial charge in [0.2, 0.25) is 0 Å². The Morgan fingerprint density at radius 1 is 1.35 bits per heavy atom. The highest BCUT2D eigenvalue weighted by atomic mass is 32.1. The average Bonchev–Trinajstić information content (AvgIpc) is 2.89. The highest BCUT2D eigenvalue weighted by Crippen LogP contribution is 2.21. The van der Waals surface area contributed by atoms with E-state index in [0.29, 0.717) is 11.6 Å². The summed E-state index contributed by atoms with van der Waals surface area (Å²) in [6, 6.07) is 8.12. The molecule has 0 saturated carbocycles. The Hall–Kier alpha value is -1.46. The Kier molecular flexibility index (Phi) is 5.09. The van der Waals surface area contributed by atoms with Crippen molar-refractivity contribution in [3.8, 4) is 5.75 Å². The zero-order valence-electron chi connectivity index (χ0n) is 11.7. The van der Waals surface area contributed by atoms with Crippen molar-refractivity contribution < 1.29 is 4.74 Å². The molecule has 5 heteroatoms. The van der Waals surface area contributed by atoms with Gasteiger partial charge in [0.1, 0.15) is 22.4 Å². The van der Waals surface area contributed by atoms with Crippen LogP contribution < -0.4 is 10.5 Å². The van der Waals surface area contributed by atoms with Gasteiger partial charge in [-0.05, 0) is 30.5 Å². The summed E-state index contributed by atoms with van der Waals surface area (Å²) in [6.07, 6.45) is 1.83. The molecule has 1 aromatic carbocycles. The molecule has 0 saturated heterocycles. The monoisotopic (exact) mass is 306 g/mol. The van der Waals surface area contributed by atoms with E-state index in [1.54, 1.807) is 0 Å². The van der Waals surface area contributed by atoms with Crippen molar-refractivity contribution in [3.05, 3.63) is 45.4 Å². The summed E-state index contributed by atoms with van der Waals surface area (Å²) in [5, 5.41) is 0.909. The van der Waals surface area contributed by atoms with Crippen LogP contribution in [0.1, 0.15) is 35.0 Å². The zero-order valence-corrected chi connectivity index (χ0v) is 13.3. The molecule has 2 aromatic rings. The second-order valence-corrected chi connectivity index (χ2v) is 5.91. The lowest BCUT2D eigenvalue weighted by Gasteiger charge is -2.05. The third-order valence-corrected chi connectivity index (χ3v) is 4.41. The van der Waals surface area contributed by atoms with Crippen LogP contribution in [-0.2, 0) is 19.4 Å². The molecule has 0 unspecified atom stereocenters.